The van der Waals surface area contributed by atoms with E-state index in [0.29, 0.717) is 0 Å². The van der Waals surface area contributed by atoms with Crippen molar-refractivity contribution < 1.29 is 5.11 Å². The summed E-state index contributed by atoms with van der Waals surface area (Å²) in [6, 6.07) is 5.22. The van der Waals surface area contributed by atoms with E-state index in [1.165, 1.54) is 0 Å². The van der Waals surface area contributed by atoms with Crippen molar-refractivity contribution in [2.45, 2.75) is 12.8 Å². The van der Waals surface area contributed by atoms with Crippen LogP contribution in [0.25, 0.3) is 10.9 Å². The summed E-state index contributed by atoms with van der Waals surface area (Å²) in [6.07, 6.45) is 5.66. The molecule has 3 N–H and O–H groups in total. The van der Waals surface area contributed by atoms with Gasteiger partial charge in [0.05, 0.1) is 6.21 Å². The van der Waals surface area contributed by atoms with Crippen molar-refractivity contribution in [1.82, 2.24) is 10.4 Å². The van der Waals surface area contributed by atoms with E-state index in [0.717, 1.165) is 41.7 Å². The Morgan fingerprint density at radius 2 is 2.32 bits per heavy atom. The van der Waals surface area contributed by atoms with Crippen molar-refractivity contribution in [2.24, 2.45) is 10.1 Å². The van der Waals surface area contributed by atoms with Crippen molar-refractivity contribution in [3.63, 3.8) is 0 Å². The Balaban J connectivity index is 0.00000133. The fourth-order valence-corrected chi connectivity index (χ4v) is 2.04. The third-order valence-electron chi connectivity index (χ3n) is 2.97. The van der Waals surface area contributed by atoms with Gasteiger partial charge < -0.3 is 10.1 Å². The van der Waals surface area contributed by atoms with E-state index in [1.807, 2.05) is 12.3 Å². The first-order valence-corrected chi connectivity index (χ1v) is 5.95. The number of phenolic OH excluding ortho intramolecular Hbond substituents is 1. The molecule has 2 aromatic rings. The molecule has 6 heteroatoms. The molecule has 0 saturated carbocycles. The number of hydrogen-bond acceptors (Lipinski definition) is 4. The fraction of sp³-hybridized carbons (Fsp3) is 0.231. The second-order valence-electron chi connectivity index (χ2n) is 4.28. The molecule has 0 amide bonds. The van der Waals surface area contributed by atoms with Gasteiger partial charge in [0.15, 0.2) is 0 Å². The highest BCUT2D eigenvalue weighted by atomic mass is 35.5. The van der Waals surface area contributed by atoms with Crippen LogP contribution in [0, 0.1) is 0 Å². The van der Waals surface area contributed by atoms with Gasteiger partial charge in [0.2, 0.25) is 0 Å². The van der Waals surface area contributed by atoms with E-state index in [2.05, 4.69) is 20.5 Å². The molecule has 0 radical (unpaired) electrons. The molecule has 0 atom stereocenters. The lowest BCUT2D eigenvalue weighted by molar-refractivity contribution is 0.476. The molecule has 1 aliphatic heterocycles. The zero-order valence-electron chi connectivity index (χ0n) is 10.3. The zero-order valence-corrected chi connectivity index (χ0v) is 11.1. The molecule has 0 bridgehead atoms. The number of benzene rings is 1. The summed E-state index contributed by atoms with van der Waals surface area (Å²) >= 11 is 0. The van der Waals surface area contributed by atoms with Crippen LogP contribution < -0.4 is 5.43 Å². The highest BCUT2D eigenvalue weighted by Crippen LogP contribution is 2.21. The average Bonchev–Trinajstić information content (AvgIpc) is 2.99. The lowest BCUT2D eigenvalue weighted by atomic mass is 10.2. The van der Waals surface area contributed by atoms with Crippen LogP contribution in [0.2, 0.25) is 0 Å². The standard InChI is InChI=1S/C13H14N4O.ClH/c18-10-3-4-12-11(6-10)9(7-15-12)8-16-17-13-2-1-5-14-13;/h3-4,6-8,15,18H,1-2,5H2,(H,14,17);1H/b16-8+;. The minimum Gasteiger partial charge on any atom is -0.508 e. The largest absolute Gasteiger partial charge is 0.508 e. The van der Waals surface area contributed by atoms with E-state index in [9.17, 15) is 5.11 Å². The third-order valence-corrected chi connectivity index (χ3v) is 2.97. The molecule has 1 aliphatic rings. The van der Waals surface area contributed by atoms with Crippen LogP contribution in [0.15, 0.2) is 34.5 Å². The van der Waals surface area contributed by atoms with Crippen LogP contribution in [0.3, 0.4) is 0 Å². The zero-order chi connectivity index (χ0) is 12.4. The predicted octanol–water partition coefficient (Wildman–Crippen LogP) is 2.41. The van der Waals surface area contributed by atoms with Crippen molar-refractivity contribution in [1.29, 1.82) is 0 Å². The normalized spacial score (nSPS) is 14.6. The van der Waals surface area contributed by atoms with Gasteiger partial charge in [0.25, 0.3) is 0 Å². The Hall–Kier alpha value is -2.01. The summed E-state index contributed by atoms with van der Waals surface area (Å²) in [6.45, 7) is 0.888. The lowest BCUT2D eigenvalue weighted by Crippen LogP contribution is -2.14. The summed E-state index contributed by atoms with van der Waals surface area (Å²) in [4.78, 5) is 7.41. The van der Waals surface area contributed by atoms with Crippen molar-refractivity contribution >= 4 is 35.4 Å². The van der Waals surface area contributed by atoms with E-state index in [-0.39, 0.29) is 18.2 Å². The number of aliphatic imine (C=N–C) groups is 1. The Bertz CT molecular complexity index is 633. The number of halogens is 1. The van der Waals surface area contributed by atoms with Crippen LogP contribution in [0.1, 0.15) is 18.4 Å². The molecule has 0 fully saturated rings. The molecular weight excluding hydrogens is 264 g/mol. The van der Waals surface area contributed by atoms with Crippen LogP contribution in [-0.4, -0.2) is 28.7 Å². The van der Waals surface area contributed by atoms with E-state index >= 15 is 0 Å². The molecule has 5 nitrogen and oxygen atoms in total. The number of hydrazone groups is 1. The Morgan fingerprint density at radius 3 is 3.11 bits per heavy atom. The van der Waals surface area contributed by atoms with Crippen LogP contribution >= 0.6 is 12.4 Å². The van der Waals surface area contributed by atoms with Crippen LogP contribution in [0.4, 0.5) is 0 Å². The number of H-pyrrole nitrogens is 1. The topological polar surface area (TPSA) is 72.8 Å². The van der Waals surface area contributed by atoms with E-state index in [4.69, 9.17) is 0 Å². The molecule has 19 heavy (non-hydrogen) atoms. The second-order valence-corrected chi connectivity index (χ2v) is 4.28. The van der Waals surface area contributed by atoms with Gasteiger partial charge in [0, 0.05) is 35.6 Å². The van der Waals surface area contributed by atoms with Gasteiger partial charge in [-0.25, -0.2) is 0 Å². The number of nitrogens with one attached hydrogen (secondary N) is 2. The molecule has 0 unspecified atom stereocenters. The van der Waals surface area contributed by atoms with E-state index < -0.39 is 0 Å². The Morgan fingerprint density at radius 1 is 1.42 bits per heavy atom. The number of aromatic amines is 1. The number of amidine groups is 1. The first-order chi connectivity index (χ1) is 8.83. The minimum absolute atomic E-state index is 0. The number of rotatable bonds is 2. The van der Waals surface area contributed by atoms with Crippen LogP contribution in [-0.2, 0) is 0 Å². The van der Waals surface area contributed by atoms with Gasteiger partial charge in [-0.15, -0.1) is 12.4 Å². The van der Waals surface area contributed by atoms with Crippen LogP contribution in [0.5, 0.6) is 5.75 Å². The number of aromatic nitrogens is 1. The first kappa shape index (κ1) is 13.4. The molecule has 1 aromatic heterocycles. The highest BCUT2D eigenvalue weighted by Gasteiger charge is 2.04. The van der Waals surface area contributed by atoms with Crippen molar-refractivity contribution in [3.8, 4) is 5.75 Å². The number of phenols is 1. The summed E-state index contributed by atoms with van der Waals surface area (Å²) in [5, 5.41) is 14.6. The van der Waals surface area contributed by atoms with Gasteiger partial charge in [-0.2, -0.15) is 5.10 Å². The number of fused-ring (bicyclic) bond motifs is 1. The molecule has 1 aromatic carbocycles. The number of hydrogen-bond donors (Lipinski definition) is 3. The smallest absolute Gasteiger partial charge is 0.117 e. The second kappa shape index (κ2) is 5.75. The lowest BCUT2D eigenvalue weighted by Gasteiger charge is -1.97. The SMILES string of the molecule is Cl.Oc1ccc2[nH]cc(/C=N/NC3=NCCC3)c2c1. The van der Waals surface area contributed by atoms with E-state index in [1.54, 1.807) is 18.3 Å². The average molecular weight is 279 g/mol. The maximum Gasteiger partial charge on any atom is 0.117 e. The summed E-state index contributed by atoms with van der Waals surface area (Å²) in [7, 11) is 0. The highest BCUT2D eigenvalue weighted by molar-refractivity contribution is 6.00. The molecular formula is C13H15ClN4O. The minimum atomic E-state index is 0. The number of aromatic hydroxyl groups is 1. The first-order valence-electron chi connectivity index (χ1n) is 5.95. The summed E-state index contributed by atoms with van der Waals surface area (Å²) in [5.74, 6) is 1.19. The van der Waals surface area contributed by atoms with Crippen molar-refractivity contribution in [3.05, 3.63) is 30.0 Å². The number of nitrogens with zero attached hydrogens (tertiary/aromatic N) is 2. The van der Waals surface area contributed by atoms with Gasteiger partial charge >= 0.3 is 0 Å². The molecule has 100 valence electrons. The van der Waals surface area contributed by atoms with Gasteiger partial charge in [-0.3, -0.25) is 10.4 Å². The Kier molecular flexibility index (Phi) is 4.06. The summed E-state index contributed by atoms with van der Waals surface area (Å²) in [5.41, 5.74) is 4.86. The molecule has 3 rings (SSSR count). The summed E-state index contributed by atoms with van der Waals surface area (Å²) < 4.78 is 0. The van der Waals surface area contributed by atoms with Gasteiger partial charge in [-0.1, -0.05) is 0 Å². The quantitative estimate of drug-likeness (QED) is 0.583. The predicted molar refractivity (Wildman–Crippen MR) is 79.5 cm³/mol. The molecule has 2 heterocycles. The molecule has 0 aliphatic carbocycles. The fourth-order valence-electron chi connectivity index (χ4n) is 2.04. The monoisotopic (exact) mass is 278 g/mol. The molecule has 0 spiro atoms. The van der Waals surface area contributed by atoms with Gasteiger partial charge in [0.1, 0.15) is 11.6 Å². The third kappa shape index (κ3) is 2.88. The Labute approximate surface area is 116 Å². The van der Waals surface area contributed by atoms with Gasteiger partial charge in [-0.05, 0) is 24.6 Å². The maximum atomic E-state index is 9.48. The molecule has 0 saturated heterocycles. The van der Waals surface area contributed by atoms with Crippen molar-refractivity contribution in [2.75, 3.05) is 6.54 Å². The maximum absolute atomic E-state index is 9.48.